The summed E-state index contributed by atoms with van der Waals surface area (Å²) < 4.78 is 35.2. The number of hydrogen-bond donors (Lipinski definition) is 2. The topological polar surface area (TPSA) is 88.9 Å². The van der Waals surface area contributed by atoms with Crippen LogP contribution in [0.1, 0.15) is 22.7 Å². The van der Waals surface area contributed by atoms with Crippen LogP contribution in [-0.4, -0.2) is 29.4 Å². The quantitative estimate of drug-likeness (QED) is 0.802. The van der Waals surface area contributed by atoms with Gasteiger partial charge in [0, 0.05) is 31.5 Å². The molecule has 0 fully saturated rings. The number of aliphatic hydroxyl groups is 1. The van der Waals surface area contributed by atoms with E-state index in [9.17, 15) is 14.1 Å². The van der Waals surface area contributed by atoms with Crippen molar-refractivity contribution in [1.82, 2.24) is 4.98 Å². The number of rotatable bonds is 5. The molecular weight excluding hydrogens is 264 g/mol. The number of pyridine rings is 1. The molecule has 6 nitrogen and oxygen atoms in total. The van der Waals surface area contributed by atoms with Gasteiger partial charge in [-0.2, -0.15) is 0 Å². The van der Waals surface area contributed by atoms with Gasteiger partial charge in [0.25, 0.3) is 0 Å². The van der Waals surface area contributed by atoms with Crippen LogP contribution in [0.25, 0.3) is 0 Å². The van der Waals surface area contributed by atoms with Gasteiger partial charge >= 0.3 is 7.60 Å². The Morgan fingerprint density at radius 2 is 2.06 bits per heavy atom. The molecule has 0 spiro atoms. The van der Waals surface area contributed by atoms with E-state index in [1.165, 1.54) is 6.92 Å². The Balaban J connectivity index is 3.34. The monoisotopic (exact) mass is 279 g/mol. The zero-order chi connectivity index (χ0) is 13.9. The van der Waals surface area contributed by atoms with Gasteiger partial charge in [-0.25, -0.2) is 4.39 Å². The molecule has 0 aliphatic carbocycles. The van der Waals surface area contributed by atoms with Crippen molar-refractivity contribution >= 4 is 7.60 Å². The second-order valence-corrected chi connectivity index (χ2v) is 5.79. The number of aryl methyl sites for hydroxylation is 1. The average Bonchev–Trinajstić information content (AvgIpc) is 2.39. The second kappa shape index (κ2) is 5.75. The van der Waals surface area contributed by atoms with Crippen LogP contribution in [0.15, 0.2) is 6.20 Å². The molecule has 1 atom stereocenters. The Labute approximate surface area is 104 Å². The summed E-state index contributed by atoms with van der Waals surface area (Å²) in [5, 5.41) is 18.8. The molecule has 102 valence electrons. The minimum atomic E-state index is -4.00. The third kappa shape index (κ3) is 2.54. The first kappa shape index (κ1) is 15.0. The van der Waals surface area contributed by atoms with Crippen LogP contribution >= 0.6 is 7.60 Å². The van der Waals surface area contributed by atoms with E-state index in [2.05, 4.69) is 14.0 Å². The number of hydrogen-bond acceptors (Lipinski definition) is 6. The van der Waals surface area contributed by atoms with Crippen molar-refractivity contribution in [3.63, 3.8) is 0 Å². The molecular formula is C10H15FNO5P. The van der Waals surface area contributed by atoms with Gasteiger partial charge in [0.1, 0.15) is 5.75 Å². The van der Waals surface area contributed by atoms with Crippen LogP contribution in [0.5, 0.6) is 5.75 Å². The van der Waals surface area contributed by atoms with Gasteiger partial charge < -0.3 is 19.3 Å². The highest BCUT2D eigenvalue weighted by Crippen LogP contribution is 2.61. The number of aromatic hydroxyl groups is 1. The summed E-state index contributed by atoms with van der Waals surface area (Å²) in [6.45, 7) is 0.885. The summed E-state index contributed by atoms with van der Waals surface area (Å²) in [5.74, 6) is -2.47. The van der Waals surface area contributed by atoms with Gasteiger partial charge in [-0.05, 0) is 6.92 Å². The lowest BCUT2D eigenvalue weighted by Crippen LogP contribution is -2.05. The van der Waals surface area contributed by atoms with E-state index in [4.69, 9.17) is 5.11 Å². The second-order valence-electron chi connectivity index (χ2n) is 3.53. The normalized spacial score (nSPS) is 13.6. The minimum Gasteiger partial charge on any atom is -0.506 e. The van der Waals surface area contributed by atoms with Crippen molar-refractivity contribution in [3.05, 3.63) is 23.0 Å². The number of halogens is 1. The molecule has 1 heterocycles. The van der Waals surface area contributed by atoms with Gasteiger partial charge in [-0.15, -0.1) is 0 Å². The molecule has 18 heavy (non-hydrogen) atoms. The average molecular weight is 279 g/mol. The molecule has 0 saturated heterocycles. The van der Waals surface area contributed by atoms with E-state index in [0.29, 0.717) is 0 Å². The summed E-state index contributed by atoms with van der Waals surface area (Å²) in [6.07, 6.45) is 1.09. The van der Waals surface area contributed by atoms with Crippen molar-refractivity contribution in [3.8, 4) is 5.75 Å². The van der Waals surface area contributed by atoms with Gasteiger partial charge in [-0.3, -0.25) is 9.55 Å². The van der Waals surface area contributed by atoms with Crippen molar-refractivity contribution in [2.75, 3.05) is 14.2 Å². The van der Waals surface area contributed by atoms with Crippen LogP contribution in [0.4, 0.5) is 4.39 Å². The molecule has 1 aromatic heterocycles. The standard InChI is InChI=1S/C10H15FNO5P/c1-6-9(14)8(5-13)7(4-12-6)10(11)18(15,16-2)17-3/h4,10,13-14H,5H2,1-3H3. The predicted octanol–water partition coefficient (Wildman–Crippen LogP) is 2.04. The van der Waals surface area contributed by atoms with Gasteiger partial charge in [-0.1, -0.05) is 0 Å². The molecule has 2 N–H and O–H groups in total. The molecule has 0 amide bonds. The van der Waals surface area contributed by atoms with E-state index in [1.54, 1.807) is 0 Å². The third-order valence-corrected chi connectivity index (χ3v) is 4.43. The molecule has 1 rings (SSSR count). The summed E-state index contributed by atoms with van der Waals surface area (Å²) in [7, 11) is -1.89. The molecule has 0 aromatic carbocycles. The highest BCUT2D eigenvalue weighted by molar-refractivity contribution is 7.54. The summed E-state index contributed by atoms with van der Waals surface area (Å²) in [4.78, 5) is 3.76. The van der Waals surface area contributed by atoms with Crippen molar-refractivity contribution in [2.24, 2.45) is 0 Å². The minimum absolute atomic E-state index is 0.0793. The predicted molar refractivity (Wildman–Crippen MR) is 62.0 cm³/mol. The van der Waals surface area contributed by atoms with Gasteiger partial charge in [0.05, 0.1) is 12.3 Å². The van der Waals surface area contributed by atoms with E-state index < -0.39 is 20.1 Å². The van der Waals surface area contributed by atoms with E-state index in [0.717, 1.165) is 20.4 Å². The van der Waals surface area contributed by atoms with Crippen molar-refractivity contribution < 1.29 is 28.2 Å². The summed E-state index contributed by atoms with van der Waals surface area (Å²) in [6, 6.07) is 0. The first-order chi connectivity index (χ1) is 8.41. The molecule has 8 heteroatoms. The number of aromatic nitrogens is 1. The van der Waals surface area contributed by atoms with Crippen molar-refractivity contribution in [2.45, 2.75) is 19.4 Å². The third-order valence-electron chi connectivity index (χ3n) is 2.58. The SMILES string of the molecule is COP(=O)(OC)C(F)c1cnc(C)c(O)c1CO. The number of alkyl halides is 1. The summed E-state index contributed by atoms with van der Waals surface area (Å²) >= 11 is 0. The zero-order valence-electron chi connectivity index (χ0n) is 10.3. The Morgan fingerprint density at radius 3 is 2.50 bits per heavy atom. The van der Waals surface area contributed by atoms with Crippen LogP contribution in [-0.2, 0) is 20.2 Å². The zero-order valence-corrected chi connectivity index (χ0v) is 11.1. The van der Waals surface area contributed by atoms with E-state index in [-0.39, 0.29) is 22.6 Å². The summed E-state index contributed by atoms with van der Waals surface area (Å²) in [5.41, 5.74) is -0.0587. The van der Waals surface area contributed by atoms with Crippen molar-refractivity contribution in [1.29, 1.82) is 0 Å². The Kier molecular flexibility index (Phi) is 4.81. The molecule has 1 aromatic rings. The molecule has 1 unspecified atom stereocenters. The maximum Gasteiger partial charge on any atom is 0.368 e. The Hall–Kier alpha value is -1.01. The number of nitrogens with zero attached hydrogens (tertiary/aromatic N) is 1. The van der Waals surface area contributed by atoms with Crippen LogP contribution in [0, 0.1) is 6.92 Å². The Bertz CT molecular complexity index is 474. The maximum atomic E-state index is 14.2. The first-order valence-electron chi connectivity index (χ1n) is 5.04. The molecule has 0 aliphatic heterocycles. The smallest absolute Gasteiger partial charge is 0.368 e. The maximum absolute atomic E-state index is 14.2. The van der Waals surface area contributed by atoms with Crippen LogP contribution in [0.2, 0.25) is 0 Å². The van der Waals surface area contributed by atoms with Gasteiger partial charge in [0.15, 0.2) is 0 Å². The fourth-order valence-corrected chi connectivity index (χ4v) is 2.54. The van der Waals surface area contributed by atoms with E-state index >= 15 is 0 Å². The van der Waals surface area contributed by atoms with E-state index in [1.807, 2.05) is 0 Å². The fourth-order valence-electron chi connectivity index (χ4n) is 1.46. The highest BCUT2D eigenvalue weighted by atomic mass is 31.2. The fraction of sp³-hybridized carbons (Fsp3) is 0.500. The lowest BCUT2D eigenvalue weighted by molar-refractivity contribution is 0.230. The lowest BCUT2D eigenvalue weighted by atomic mass is 10.1. The molecule has 0 aliphatic rings. The Morgan fingerprint density at radius 1 is 1.50 bits per heavy atom. The molecule has 0 bridgehead atoms. The molecule has 0 saturated carbocycles. The lowest BCUT2D eigenvalue weighted by Gasteiger charge is -2.20. The highest BCUT2D eigenvalue weighted by Gasteiger charge is 2.38. The first-order valence-corrected chi connectivity index (χ1v) is 6.66. The molecule has 0 radical (unpaired) electrons. The largest absolute Gasteiger partial charge is 0.506 e. The van der Waals surface area contributed by atoms with Crippen LogP contribution < -0.4 is 0 Å². The van der Waals surface area contributed by atoms with Gasteiger partial charge in [0.2, 0.25) is 5.91 Å². The van der Waals surface area contributed by atoms with Crippen LogP contribution in [0.3, 0.4) is 0 Å². The number of aliphatic hydroxyl groups excluding tert-OH is 1.